The maximum absolute atomic E-state index is 11.9. The molecule has 126 valence electrons. The Morgan fingerprint density at radius 3 is 2.58 bits per heavy atom. The van der Waals surface area contributed by atoms with Crippen LogP contribution in [0.5, 0.6) is 11.5 Å². The number of methoxy groups -OCH3 is 2. The number of hydrogen-bond acceptors (Lipinski definition) is 6. The van der Waals surface area contributed by atoms with E-state index < -0.39 is 18.5 Å². The van der Waals surface area contributed by atoms with Crippen LogP contribution in [0, 0.1) is 0 Å². The van der Waals surface area contributed by atoms with Gasteiger partial charge in [-0.25, -0.2) is 9.78 Å². The summed E-state index contributed by atoms with van der Waals surface area (Å²) in [7, 11) is 3.00. The van der Waals surface area contributed by atoms with Crippen molar-refractivity contribution in [1.82, 2.24) is 4.98 Å². The van der Waals surface area contributed by atoms with Crippen LogP contribution in [-0.4, -0.2) is 37.7 Å². The summed E-state index contributed by atoms with van der Waals surface area (Å²) < 4.78 is 15.2. The number of esters is 1. The van der Waals surface area contributed by atoms with Crippen LogP contribution >= 0.6 is 11.6 Å². The van der Waals surface area contributed by atoms with Gasteiger partial charge in [0.1, 0.15) is 16.7 Å². The molecule has 0 aliphatic carbocycles. The van der Waals surface area contributed by atoms with Gasteiger partial charge in [0.15, 0.2) is 6.61 Å². The van der Waals surface area contributed by atoms with E-state index in [0.29, 0.717) is 17.2 Å². The van der Waals surface area contributed by atoms with E-state index in [1.807, 2.05) is 0 Å². The van der Waals surface area contributed by atoms with Crippen molar-refractivity contribution in [3.63, 3.8) is 0 Å². The maximum atomic E-state index is 11.9. The summed E-state index contributed by atoms with van der Waals surface area (Å²) >= 11 is 5.64. The summed E-state index contributed by atoms with van der Waals surface area (Å²) in [5, 5.41) is 2.86. The standard InChI is InChI=1S/C16H15ClN2O5/c1-22-11-4-5-12(13(7-11)23-2)19-15(20)9-24-16(21)10-3-6-14(17)18-8-10/h3-8H,9H2,1-2H3,(H,19,20). The summed E-state index contributed by atoms with van der Waals surface area (Å²) in [5.41, 5.74) is 0.640. The van der Waals surface area contributed by atoms with E-state index in [-0.39, 0.29) is 10.7 Å². The average Bonchev–Trinajstić information content (AvgIpc) is 2.60. The Bertz CT molecular complexity index is 734. The number of aromatic nitrogens is 1. The van der Waals surface area contributed by atoms with Gasteiger partial charge >= 0.3 is 5.97 Å². The molecule has 0 aliphatic rings. The molecule has 0 radical (unpaired) electrons. The minimum Gasteiger partial charge on any atom is -0.497 e. The van der Waals surface area contributed by atoms with Crippen LogP contribution in [0.2, 0.25) is 5.15 Å². The summed E-state index contributed by atoms with van der Waals surface area (Å²) in [5.74, 6) is -0.160. The Hall–Kier alpha value is -2.80. The van der Waals surface area contributed by atoms with Gasteiger partial charge in [-0.2, -0.15) is 0 Å². The Morgan fingerprint density at radius 1 is 1.17 bits per heavy atom. The second kappa shape index (κ2) is 8.16. The predicted octanol–water partition coefficient (Wildman–Crippen LogP) is 2.55. The minimum absolute atomic E-state index is 0.203. The second-order valence-electron chi connectivity index (χ2n) is 4.56. The number of rotatable bonds is 6. The van der Waals surface area contributed by atoms with Crippen LogP contribution in [0.3, 0.4) is 0 Å². The van der Waals surface area contributed by atoms with Crippen LogP contribution in [0.4, 0.5) is 5.69 Å². The average molecular weight is 351 g/mol. The number of anilines is 1. The molecule has 0 atom stereocenters. The molecule has 0 spiro atoms. The molecule has 7 nitrogen and oxygen atoms in total. The topological polar surface area (TPSA) is 86.8 Å². The summed E-state index contributed by atoms with van der Waals surface area (Å²) in [6, 6.07) is 7.84. The number of hydrogen-bond donors (Lipinski definition) is 1. The third kappa shape index (κ3) is 4.60. The minimum atomic E-state index is -0.670. The van der Waals surface area contributed by atoms with Crippen molar-refractivity contribution in [2.45, 2.75) is 0 Å². The number of benzene rings is 1. The fourth-order valence-corrected chi connectivity index (χ4v) is 1.91. The molecule has 0 aliphatic heterocycles. The highest BCUT2D eigenvalue weighted by Crippen LogP contribution is 2.28. The van der Waals surface area contributed by atoms with Gasteiger partial charge in [-0.1, -0.05) is 11.6 Å². The molecule has 0 unspecified atom stereocenters. The zero-order valence-corrected chi connectivity index (χ0v) is 13.8. The highest BCUT2D eigenvalue weighted by atomic mass is 35.5. The van der Waals surface area contributed by atoms with Gasteiger partial charge in [0, 0.05) is 12.3 Å². The molecule has 1 heterocycles. The summed E-state index contributed by atoms with van der Waals surface area (Å²) in [6.45, 7) is -0.448. The SMILES string of the molecule is COc1ccc(NC(=O)COC(=O)c2ccc(Cl)nc2)c(OC)c1. The normalized spacial score (nSPS) is 9.96. The molecule has 2 rings (SSSR count). The summed E-state index contributed by atoms with van der Waals surface area (Å²) in [4.78, 5) is 27.5. The first-order valence-electron chi connectivity index (χ1n) is 6.84. The number of carbonyl (C=O) groups excluding carboxylic acids is 2. The number of halogens is 1. The molecule has 1 aromatic carbocycles. The molecule has 0 saturated carbocycles. The molecule has 1 N–H and O–H groups in total. The zero-order chi connectivity index (χ0) is 17.5. The van der Waals surface area contributed by atoms with Gasteiger partial charge in [0.2, 0.25) is 0 Å². The molecule has 0 fully saturated rings. The van der Waals surface area contributed by atoms with Crippen LogP contribution in [0.25, 0.3) is 0 Å². The lowest BCUT2D eigenvalue weighted by molar-refractivity contribution is -0.119. The van der Waals surface area contributed by atoms with Gasteiger partial charge < -0.3 is 19.5 Å². The lowest BCUT2D eigenvalue weighted by Gasteiger charge is -2.11. The van der Waals surface area contributed by atoms with Gasteiger partial charge in [-0.15, -0.1) is 0 Å². The molecular formula is C16H15ClN2O5. The highest BCUT2D eigenvalue weighted by molar-refractivity contribution is 6.29. The third-order valence-corrected chi connectivity index (χ3v) is 3.20. The second-order valence-corrected chi connectivity index (χ2v) is 4.95. The van der Waals surface area contributed by atoms with Crippen molar-refractivity contribution in [3.05, 3.63) is 47.2 Å². The van der Waals surface area contributed by atoms with E-state index >= 15 is 0 Å². The largest absolute Gasteiger partial charge is 0.497 e. The molecule has 0 bridgehead atoms. The summed E-state index contributed by atoms with van der Waals surface area (Å²) in [6.07, 6.45) is 1.27. The van der Waals surface area contributed by atoms with Crippen LogP contribution in [0.1, 0.15) is 10.4 Å². The molecule has 1 aromatic heterocycles. The van der Waals surface area contributed by atoms with Crippen molar-refractivity contribution in [1.29, 1.82) is 0 Å². The Balaban J connectivity index is 1.93. The third-order valence-electron chi connectivity index (χ3n) is 2.98. The van der Waals surface area contributed by atoms with Crippen LogP contribution < -0.4 is 14.8 Å². The number of carbonyl (C=O) groups is 2. The fraction of sp³-hybridized carbons (Fsp3) is 0.188. The van der Waals surface area contributed by atoms with Gasteiger partial charge in [-0.3, -0.25) is 4.79 Å². The van der Waals surface area contributed by atoms with Crippen molar-refractivity contribution in [3.8, 4) is 11.5 Å². The smallest absolute Gasteiger partial charge is 0.340 e. The van der Waals surface area contributed by atoms with Crippen LogP contribution in [0.15, 0.2) is 36.5 Å². The Morgan fingerprint density at radius 2 is 1.96 bits per heavy atom. The molecule has 8 heteroatoms. The first-order valence-corrected chi connectivity index (χ1v) is 7.22. The lowest BCUT2D eigenvalue weighted by atomic mass is 10.2. The van der Waals surface area contributed by atoms with Crippen molar-refractivity contribution >= 4 is 29.2 Å². The molecule has 0 saturated heterocycles. The van der Waals surface area contributed by atoms with Crippen molar-refractivity contribution in [2.75, 3.05) is 26.1 Å². The lowest BCUT2D eigenvalue weighted by Crippen LogP contribution is -2.21. The number of nitrogens with one attached hydrogen (secondary N) is 1. The van der Waals surface area contributed by atoms with E-state index in [0.717, 1.165) is 0 Å². The van der Waals surface area contributed by atoms with E-state index in [9.17, 15) is 9.59 Å². The van der Waals surface area contributed by atoms with E-state index in [2.05, 4.69) is 10.3 Å². The molecular weight excluding hydrogens is 336 g/mol. The zero-order valence-electron chi connectivity index (χ0n) is 13.0. The monoisotopic (exact) mass is 350 g/mol. The first kappa shape index (κ1) is 17.6. The number of nitrogens with zero attached hydrogens (tertiary/aromatic N) is 1. The molecule has 24 heavy (non-hydrogen) atoms. The quantitative estimate of drug-likeness (QED) is 0.636. The highest BCUT2D eigenvalue weighted by Gasteiger charge is 2.13. The predicted molar refractivity (Wildman–Crippen MR) is 87.7 cm³/mol. The van der Waals surface area contributed by atoms with Crippen LogP contribution in [-0.2, 0) is 9.53 Å². The van der Waals surface area contributed by atoms with Gasteiger partial charge in [-0.05, 0) is 24.3 Å². The number of ether oxygens (including phenoxy) is 3. The number of amides is 1. The Kier molecular flexibility index (Phi) is 5.97. The van der Waals surface area contributed by atoms with Gasteiger partial charge in [0.25, 0.3) is 5.91 Å². The van der Waals surface area contributed by atoms with Crippen molar-refractivity contribution < 1.29 is 23.8 Å². The van der Waals surface area contributed by atoms with E-state index in [1.54, 1.807) is 18.2 Å². The number of pyridine rings is 1. The van der Waals surface area contributed by atoms with Gasteiger partial charge in [0.05, 0.1) is 25.5 Å². The van der Waals surface area contributed by atoms with E-state index in [4.69, 9.17) is 25.8 Å². The van der Waals surface area contributed by atoms with Crippen molar-refractivity contribution in [2.24, 2.45) is 0 Å². The fourth-order valence-electron chi connectivity index (χ4n) is 1.80. The van der Waals surface area contributed by atoms with E-state index in [1.165, 1.54) is 32.5 Å². The maximum Gasteiger partial charge on any atom is 0.340 e. The first-order chi connectivity index (χ1) is 11.5. The molecule has 2 aromatic rings. The Labute approximate surface area is 143 Å². The molecule has 1 amide bonds.